The molecular formula is C20H24N2O5. The summed E-state index contributed by atoms with van der Waals surface area (Å²) in [5.41, 5.74) is 8.69. The lowest BCUT2D eigenvalue weighted by atomic mass is 9.87. The lowest BCUT2D eigenvalue weighted by Gasteiger charge is -2.46. The minimum Gasteiger partial charge on any atom is -0.496 e. The Morgan fingerprint density at radius 3 is 1.96 bits per heavy atom. The number of carbonyl (C=O) groups is 1. The standard InChI is InChI=1S/C20H24N2O5/c1-11-8-12(6-7-14(11)24-2)18-17(21)20(23)22(18)13-9-15(25-3)19(27-5)16(10-13)26-4/h6-10,17-18H,21H2,1-5H3/t17-,18-/m0/s1. The fourth-order valence-corrected chi connectivity index (χ4v) is 3.45. The molecule has 1 amide bonds. The number of carbonyl (C=O) groups excluding carboxylic acids is 1. The van der Waals surface area contributed by atoms with Crippen LogP contribution in [0.5, 0.6) is 23.0 Å². The van der Waals surface area contributed by atoms with Gasteiger partial charge >= 0.3 is 0 Å². The molecule has 0 bridgehead atoms. The molecule has 144 valence electrons. The van der Waals surface area contributed by atoms with Crippen LogP contribution in [0.25, 0.3) is 0 Å². The molecule has 7 heteroatoms. The summed E-state index contributed by atoms with van der Waals surface area (Å²) in [7, 11) is 6.24. The van der Waals surface area contributed by atoms with Gasteiger partial charge < -0.3 is 29.6 Å². The third-order valence-corrected chi connectivity index (χ3v) is 4.83. The van der Waals surface area contributed by atoms with Gasteiger partial charge in [-0.1, -0.05) is 12.1 Å². The molecule has 7 nitrogen and oxygen atoms in total. The van der Waals surface area contributed by atoms with E-state index in [-0.39, 0.29) is 11.9 Å². The Bertz CT molecular complexity index is 842. The highest BCUT2D eigenvalue weighted by atomic mass is 16.5. The Balaban J connectivity index is 2.05. The molecule has 0 radical (unpaired) electrons. The monoisotopic (exact) mass is 372 g/mol. The Morgan fingerprint density at radius 1 is 0.889 bits per heavy atom. The van der Waals surface area contributed by atoms with Crippen molar-refractivity contribution in [2.24, 2.45) is 5.73 Å². The zero-order valence-electron chi connectivity index (χ0n) is 16.1. The Labute approximate surface area is 158 Å². The third kappa shape index (κ3) is 3.04. The second-order valence-electron chi connectivity index (χ2n) is 6.29. The van der Waals surface area contributed by atoms with Crippen molar-refractivity contribution < 1.29 is 23.7 Å². The molecule has 0 saturated carbocycles. The first-order chi connectivity index (χ1) is 13.0. The number of hydrogen-bond acceptors (Lipinski definition) is 6. The average Bonchev–Trinajstić information content (AvgIpc) is 2.69. The van der Waals surface area contributed by atoms with Gasteiger partial charge in [0.25, 0.3) is 0 Å². The molecule has 1 saturated heterocycles. The van der Waals surface area contributed by atoms with E-state index in [1.54, 1.807) is 24.1 Å². The van der Waals surface area contributed by atoms with Crippen LogP contribution in [-0.4, -0.2) is 40.4 Å². The quantitative estimate of drug-likeness (QED) is 0.784. The highest BCUT2D eigenvalue weighted by Gasteiger charge is 2.47. The van der Waals surface area contributed by atoms with E-state index in [0.717, 1.165) is 16.9 Å². The SMILES string of the molecule is COc1ccc([C@H]2[C@H](N)C(=O)N2c2cc(OC)c(OC)c(OC)c2)cc1C. The molecule has 2 aromatic carbocycles. The Hall–Kier alpha value is -2.93. The summed E-state index contributed by atoms with van der Waals surface area (Å²) < 4.78 is 21.5. The second kappa shape index (κ2) is 7.36. The number of β-lactam (4-membered cyclic amide) rings is 1. The number of amides is 1. The molecule has 0 aromatic heterocycles. The summed E-state index contributed by atoms with van der Waals surface area (Å²) in [4.78, 5) is 14.2. The van der Waals surface area contributed by atoms with Crippen molar-refractivity contribution in [3.8, 4) is 23.0 Å². The van der Waals surface area contributed by atoms with Crippen molar-refractivity contribution in [1.29, 1.82) is 0 Å². The minimum absolute atomic E-state index is 0.164. The van der Waals surface area contributed by atoms with Crippen molar-refractivity contribution in [3.63, 3.8) is 0 Å². The molecule has 0 spiro atoms. The molecule has 27 heavy (non-hydrogen) atoms. The Kier molecular flexibility index (Phi) is 5.14. The maximum Gasteiger partial charge on any atom is 0.247 e. The molecule has 0 aliphatic carbocycles. The zero-order chi connectivity index (χ0) is 19.7. The zero-order valence-corrected chi connectivity index (χ0v) is 16.1. The summed E-state index contributed by atoms with van der Waals surface area (Å²) in [5.74, 6) is 2.05. The first-order valence-electron chi connectivity index (χ1n) is 8.50. The molecular weight excluding hydrogens is 348 g/mol. The maximum atomic E-state index is 12.6. The predicted octanol–water partition coefficient (Wildman–Crippen LogP) is 2.44. The van der Waals surface area contributed by atoms with Crippen LogP contribution >= 0.6 is 0 Å². The van der Waals surface area contributed by atoms with E-state index in [0.29, 0.717) is 22.9 Å². The molecule has 2 aromatic rings. The van der Waals surface area contributed by atoms with Crippen molar-refractivity contribution in [3.05, 3.63) is 41.5 Å². The van der Waals surface area contributed by atoms with E-state index >= 15 is 0 Å². The number of nitrogens with zero attached hydrogens (tertiary/aromatic N) is 1. The van der Waals surface area contributed by atoms with Crippen LogP contribution in [0.4, 0.5) is 5.69 Å². The van der Waals surface area contributed by atoms with Crippen LogP contribution in [-0.2, 0) is 4.79 Å². The molecule has 1 aliphatic rings. The number of ether oxygens (including phenoxy) is 4. The largest absolute Gasteiger partial charge is 0.496 e. The molecule has 0 unspecified atom stereocenters. The second-order valence-corrected chi connectivity index (χ2v) is 6.29. The van der Waals surface area contributed by atoms with E-state index in [4.69, 9.17) is 24.7 Å². The van der Waals surface area contributed by atoms with Gasteiger partial charge in [0, 0.05) is 12.1 Å². The third-order valence-electron chi connectivity index (χ3n) is 4.83. The van der Waals surface area contributed by atoms with Gasteiger partial charge in [-0.15, -0.1) is 0 Å². The maximum absolute atomic E-state index is 12.6. The number of methoxy groups -OCH3 is 4. The van der Waals surface area contributed by atoms with Gasteiger partial charge in [0.05, 0.1) is 40.2 Å². The van der Waals surface area contributed by atoms with E-state index in [9.17, 15) is 4.79 Å². The van der Waals surface area contributed by atoms with Crippen LogP contribution in [0.15, 0.2) is 30.3 Å². The normalized spacial score (nSPS) is 18.7. The van der Waals surface area contributed by atoms with Crippen molar-refractivity contribution in [2.45, 2.75) is 19.0 Å². The van der Waals surface area contributed by atoms with Crippen LogP contribution in [0.3, 0.4) is 0 Å². The van der Waals surface area contributed by atoms with Crippen molar-refractivity contribution >= 4 is 11.6 Å². The van der Waals surface area contributed by atoms with Gasteiger partial charge in [0.1, 0.15) is 11.8 Å². The van der Waals surface area contributed by atoms with Gasteiger partial charge in [0.15, 0.2) is 11.5 Å². The summed E-state index contributed by atoms with van der Waals surface area (Å²) in [6.45, 7) is 1.96. The number of rotatable bonds is 6. The first kappa shape index (κ1) is 18.8. The van der Waals surface area contributed by atoms with E-state index < -0.39 is 6.04 Å². The first-order valence-corrected chi connectivity index (χ1v) is 8.50. The van der Waals surface area contributed by atoms with E-state index in [1.807, 2.05) is 25.1 Å². The molecule has 3 rings (SSSR count). The molecule has 1 fully saturated rings. The van der Waals surface area contributed by atoms with Crippen molar-refractivity contribution in [2.75, 3.05) is 33.3 Å². The number of benzene rings is 2. The summed E-state index contributed by atoms with van der Waals surface area (Å²) >= 11 is 0. The topological polar surface area (TPSA) is 83.3 Å². The minimum atomic E-state index is -0.614. The van der Waals surface area contributed by atoms with E-state index in [2.05, 4.69) is 0 Å². The number of nitrogens with two attached hydrogens (primary N) is 1. The van der Waals surface area contributed by atoms with E-state index in [1.165, 1.54) is 21.3 Å². The van der Waals surface area contributed by atoms with Gasteiger partial charge in [-0.2, -0.15) is 0 Å². The highest BCUT2D eigenvalue weighted by molar-refractivity contribution is 6.06. The lowest BCUT2D eigenvalue weighted by Crippen LogP contribution is -2.63. The number of anilines is 1. The molecule has 2 atom stereocenters. The summed E-state index contributed by atoms with van der Waals surface area (Å²) in [6.07, 6.45) is 0. The number of aryl methyl sites for hydroxylation is 1. The summed E-state index contributed by atoms with van der Waals surface area (Å²) in [5, 5.41) is 0. The van der Waals surface area contributed by atoms with Crippen LogP contribution < -0.4 is 29.6 Å². The molecule has 1 aliphatic heterocycles. The fourth-order valence-electron chi connectivity index (χ4n) is 3.45. The average molecular weight is 372 g/mol. The fraction of sp³-hybridized carbons (Fsp3) is 0.350. The molecule has 1 heterocycles. The predicted molar refractivity (Wildman–Crippen MR) is 102 cm³/mol. The van der Waals surface area contributed by atoms with Gasteiger partial charge in [0.2, 0.25) is 11.7 Å². The Morgan fingerprint density at radius 2 is 1.48 bits per heavy atom. The highest BCUT2D eigenvalue weighted by Crippen LogP contribution is 2.46. The van der Waals surface area contributed by atoms with Crippen LogP contribution in [0.2, 0.25) is 0 Å². The number of hydrogen-bond donors (Lipinski definition) is 1. The van der Waals surface area contributed by atoms with Gasteiger partial charge in [-0.3, -0.25) is 4.79 Å². The lowest BCUT2D eigenvalue weighted by molar-refractivity contribution is -0.126. The van der Waals surface area contributed by atoms with Crippen LogP contribution in [0.1, 0.15) is 17.2 Å². The smallest absolute Gasteiger partial charge is 0.247 e. The van der Waals surface area contributed by atoms with Crippen LogP contribution in [0, 0.1) is 6.92 Å². The summed E-state index contributed by atoms with van der Waals surface area (Å²) in [6, 6.07) is 8.38. The molecule has 2 N–H and O–H groups in total. The van der Waals surface area contributed by atoms with Gasteiger partial charge in [-0.25, -0.2) is 0 Å². The van der Waals surface area contributed by atoms with Crippen molar-refractivity contribution in [1.82, 2.24) is 0 Å². The van der Waals surface area contributed by atoms with Gasteiger partial charge in [-0.05, 0) is 24.1 Å².